The van der Waals surface area contributed by atoms with Crippen molar-refractivity contribution in [1.82, 2.24) is 5.16 Å². The number of benzene rings is 1. The van der Waals surface area contributed by atoms with E-state index in [9.17, 15) is 14.0 Å². The van der Waals surface area contributed by atoms with Gasteiger partial charge in [-0.15, -0.1) is 0 Å². The number of carboxylic acids is 1. The molecule has 92 valence electrons. The van der Waals surface area contributed by atoms with Crippen LogP contribution in [0, 0.1) is 5.82 Å². The van der Waals surface area contributed by atoms with Crippen molar-refractivity contribution in [3.05, 3.63) is 47.6 Å². The molecule has 0 saturated carbocycles. The maximum absolute atomic E-state index is 13.1. The molecule has 0 bridgehead atoms. The molecule has 0 aliphatic heterocycles. The molecule has 2 aromatic rings. The van der Waals surface area contributed by atoms with E-state index in [1.807, 2.05) is 0 Å². The Morgan fingerprint density at radius 3 is 2.72 bits per heavy atom. The van der Waals surface area contributed by atoms with Crippen LogP contribution in [0.15, 0.2) is 35.1 Å². The third-order valence-corrected chi connectivity index (χ3v) is 2.13. The molecule has 0 fully saturated rings. The number of nitrogens with one attached hydrogen (secondary N) is 1. The highest BCUT2D eigenvalue weighted by molar-refractivity contribution is 6.03. The van der Waals surface area contributed by atoms with Crippen LogP contribution in [0.25, 0.3) is 0 Å². The number of amides is 1. The van der Waals surface area contributed by atoms with E-state index in [-0.39, 0.29) is 11.4 Å². The van der Waals surface area contributed by atoms with Crippen molar-refractivity contribution in [2.24, 2.45) is 0 Å². The molecule has 18 heavy (non-hydrogen) atoms. The van der Waals surface area contributed by atoms with Crippen molar-refractivity contribution in [2.45, 2.75) is 0 Å². The summed E-state index contributed by atoms with van der Waals surface area (Å²) < 4.78 is 17.6. The van der Waals surface area contributed by atoms with Gasteiger partial charge in [-0.2, -0.15) is 0 Å². The number of carboxylic acid groups (broad SMARTS) is 1. The fraction of sp³-hybridized carbons (Fsp3) is 0. The van der Waals surface area contributed by atoms with E-state index in [1.54, 1.807) is 0 Å². The largest absolute Gasteiger partial charge is 0.478 e. The smallest absolute Gasteiger partial charge is 0.338 e. The molecule has 0 spiro atoms. The molecule has 1 amide bonds. The van der Waals surface area contributed by atoms with Crippen LogP contribution in [-0.2, 0) is 0 Å². The Morgan fingerprint density at radius 2 is 2.11 bits per heavy atom. The molecular formula is C11H7FN2O4. The van der Waals surface area contributed by atoms with Gasteiger partial charge in [-0.3, -0.25) is 4.79 Å². The molecule has 2 rings (SSSR count). The monoisotopic (exact) mass is 250 g/mol. The minimum absolute atomic E-state index is 0.0381. The Bertz CT molecular complexity index is 595. The lowest BCUT2D eigenvalue weighted by atomic mass is 10.2. The molecule has 0 saturated heterocycles. The number of aromatic carboxylic acids is 1. The number of nitrogens with zero attached hydrogens (tertiary/aromatic N) is 1. The molecule has 0 aliphatic carbocycles. The maximum atomic E-state index is 13.1. The number of aromatic nitrogens is 1. The quantitative estimate of drug-likeness (QED) is 0.865. The van der Waals surface area contributed by atoms with Gasteiger partial charge in [0.05, 0.1) is 5.56 Å². The zero-order valence-electron chi connectivity index (χ0n) is 8.88. The van der Waals surface area contributed by atoms with Crippen molar-refractivity contribution in [2.75, 3.05) is 5.32 Å². The van der Waals surface area contributed by atoms with Crippen LogP contribution >= 0.6 is 0 Å². The lowest BCUT2D eigenvalue weighted by Gasteiger charge is -2.04. The SMILES string of the molecule is O=C(Nc1ccc(F)c(C(=O)O)c1)c1ccon1. The van der Waals surface area contributed by atoms with E-state index in [2.05, 4.69) is 15.0 Å². The normalized spacial score (nSPS) is 10.1. The van der Waals surface area contributed by atoms with Crippen molar-refractivity contribution in [1.29, 1.82) is 0 Å². The van der Waals surface area contributed by atoms with Gasteiger partial charge in [-0.1, -0.05) is 5.16 Å². The van der Waals surface area contributed by atoms with Gasteiger partial charge in [-0.05, 0) is 18.2 Å². The summed E-state index contributed by atoms with van der Waals surface area (Å²) in [7, 11) is 0. The van der Waals surface area contributed by atoms with Gasteiger partial charge in [0, 0.05) is 11.8 Å². The first-order chi connectivity index (χ1) is 8.58. The van der Waals surface area contributed by atoms with Gasteiger partial charge in [-0.25, -0.2) is 9.18 Å². The summed E-state index contributed by atoms with van der Waals surface area (Å²) >= 11 is 0. The molecule has 1 aromatic heterocycles. The van der Waals surface area contributed by atoms with E-state index in [0.717, 1.165) is 12.1 Å². The Labute approximate surface area is 100 Å². The number of carbonyl (C=O) groups excluding carboxylic acids is 1. The molecule has 0 radical (unpaired) electrons. The van der Waals surface area contributed by atoms with Crippen LogP contribution in [0.3, 0.4) is 0 Å². The summed E-state index contributed by atoms with van der Waals surface area (Å²) in [5.41, 5.74) is -0.328. The lowest BCUT2D eigenvalue weighted by Crippen LogP contribution is -2.13. The average Bonchev–Trinajstić information content (AvgIpc) is 2.85. The second-order valence-electron chi connectivity index (χ2n) is 3.34. The molecule has 0 aliphatic rings. The standard InChI is InChI=1S/C11H7FN2O4/c12-8-2-1-6(5-7(8)11(16)17)13-10(15)9-3-4-18-14-9/h1-5H,(H,13,15)(H,16,17). The van der Waals surface area contributed by atoms with Gasteiger partial charge in [0.1, 0.15) is 12.1 Å². The number of rotatable bonds is 3. The fourth-order valence-electron chi connectivity index (χ4n) is 1.29. The summed E-state index contributed by atoms with van der Waals surface area (Å²) in [5.74, 6) is -2.86. The maximum Gasteiger partial charge on any atom is 0.338 e. The van der Waals surface area contributed by atoms with E-state index in [4.69, 9.17) is 5.11 Å². The minimum atomic E-state index is -1.41. The van der Waals surface area contributed by atoms with Crippen LogP contribution in [0.5, 0.6) is 0 Å². The number of carbonyl (C=O) groups is 2. The molecule has 2 N–H and O–H groups in total. The Hall–Kier alpha value is -2.70. The topological polar surface area (TPSA) is 92.4 Å². The molecule has 0 unspecified atom stereocenters. The number of hydrogen-bond acceptors (Lipinski definition) is 4. The Kier molecular flexibility index (Phi) is 3.05. The molecule has 0 atom stereocenters. The van der Waals surface area contributed by atoms with Crippen LogP contribution in [-0.4, -0.2) is 22.1 Å². The van der Waals surface area contributed by atoms with Gasteiger partial charge < -0.3 is 14.9 Å². The first-order valence-electron chi connectivity index (χ1n) is 4.82. The van der Waals surface area contributed by atoms with Crippen LogP contribution in [0.4, 0.5) is 10.1 Å². The summed E-state index contributed by atoms with van der Waals surface area (Å²) in [5, 5.41) is 14.5. The van der Waals surface area contributed by atoms with Gasteiger partial charge in [0.15, 0.2) is 5.69 Å². The van der Waals surface area contributed by atoms with Crippen molar-refractivity contribution in [3.63, 3.8) is 0 Å². The first kappa shape index (κ1) is 11.8. The number of hydrogen-bond donors (Lipinski definition) is 2. The van der Waals surface area contributed by atoms with Gasteiger partial charge in [0.25, 0.3) is 5.91 Å². The summed E-state index contributed by atoms with van der Waals surface area (Å²) in [6.45, 7) is 0. The second-order valence-corrected chi connectivity index (χ2v) is 3.34. The molecule has 1 aromatic carbocycles. The highest BCUT2D eigenvalue weighted by Gasteiger charge is 2.13. The average molecular weight is 250 g/mol. The van der Waals surface area contributed by atoms with Crippen LogP contribution in [0.2, 0.25) is 0 Å². The highest BCUT2D eigenvalue weighted by Crippen LogP contribution is 2.15. The summed E-state index contributed by atoms with van der Waals surface area (Å²) in [6.07, 6.45) is 1.22. The van der Waals surface area contributed by atoms with E-state index >= 15 is 0 Å². The van der Waals surface area contributed by atoms with Crippen molar-refractivity contribution >= 4 is 17.6 Å². The second kappa shape index (κ2) is 4.66. The minimum Gasteiger partial charge on any atom is -0.478 e. The lowest BCUT2D eigenvalue weighted by molar-refractivity contribution is 0.0691. The molecule has 1 heterocycles. The molecular weight excluding hydrogens is 243 g/mol. The first-order valence-corrected chi connectivity index (χ1v) is 4.82. The highest BCUT2D eigenvalue weighted by atomic mass is 19.1. The van der Waals surface area contributed by atoms with Gasteiger partial charge >= 0.3 is 5.97 Å². The van der Waals surface area contributed by atoms with E-state index in [1.165, 1.54) is 18.4 Å². The summed E-state index contributed by atoms with van der Waals surface area (Å²) in [6, 6.07) is 4.58. The van der Waals surface area contributed by atoms with E-state index in [0.29, 0.717) is 0 Å². The Morgan fingerprint density at radius 1 is 1.33 bits per heavy atom. The van der Waals surface area contributed by atoms with Crippen molar-refractivity contribution < 1.29 is 23.6 Å². The van der Waals surface area contributed by atoms with Crippen LogP contribution < -0.4 is 5.32 Å². The predicted molar refractivity (Wildman–Crippen MR) is 57.8 cm³/mol. The Balaban J connectivity index is 2.22. The fourth-order valence-corrected chi connectivity index (χ4v) is 1.29. The summed E-state index contributed by atoms with van der Waals surface area (Å²) in [4.78, 5) is 22.3. The number of anilines is 1. The number of halogens is 1. The molecule has 7 heteroatoms. The third-order valence-electron chi connectivity index (χ3n) is 2.13. The third kappa shape index (κ3) is 2.34. The van der Waals surface area contributed by atoms with Crippen molar-refractivity contribution in [3.8, 4) is 0 Å². The van der Waals surface area contributed by atoms with Crippen LogP contribution in [0.1, 0.15) is 20.8 Å². The zero-order chi connectivity index (χ0) is 13.1. The predicted octanol–water partition coefficient (Wildman–Crippen LogP) is 1.76. The molecule has 6 nitrogen and oxygen atoms in total. The van der Waals surface area contributed by atoms with E-state index < -0.39 is 23.3 Å². The zero-order valence-corrected chi connectivity index (χ0v) is 8.88. The van der Waals surface area contributed by atoms with Gasteiger partial charge in [0.2, 0.25) is 0 Å².